The fourth-order valence-corrected chi connectivity index (χ4v) is 4.20. The molecular formula is C24H30FN7O2. The molecule has 34 heavy (non-hydrogen) atoms. The van der Waals surface area contributed by atoms with E-state index in [0.29, 0.717) is 24.7 Å². The third-order valence-electron chi connectivity index (χ3n) is 5.87. The third-order valence-corrected chi connectivity index (χ3v) is 5.87. The molecule has 1 aliphatic heterocycles. The van der Waals surface area contributed by atoms with Crippen molar-refractivity contribution in [2.75, 3.05) is 50.1 Å². The Morgan fingerprint density at radius 2 is 1.82 bits per heavy atom. The van der Waals surface area contributed by atoms with Crippen LogP contribution >= 0.6 is 0 Å². The lowest BCUT2D eigenvalue weighted by Gasteiger charge is -2.36. The number of carbonyl (C=O) groups is 1. The Hall–Kier alpha value is -3.53. The van der Waals surface area contributed by atoms with Gasteiger partial charge in [-0.1, -0.05) is 0 Å². The summed E-state index contributed by atoms with van der Waals surface area (Å²) >= 11 is 0. The van der Waals surface area contributed by atoms with Crippen LogP contribution in [0.2, 0.25) is 0 Å². The van der Waals surface area contributed by atoms with Crippen LogP contribution in [-0.4, -0.2) is 70.2 Å². The molecule has 0 atom stereocenters. The van der Waals surface area contributed by atoms with E-state index in [4.69, 9.17) is 4.74 Å². The average molecular weight is 468 g/mol. The van der Waals surface area contributed by atoms with Crippen molar-refractivity contribution in [1.29, 1.82) is 0 Å². The van der Waals surface area contributed by atoms with Gasteiger partial charge in [-0.15, -0.1) is 0 Å². The van der Waals surface area contributed by atoms with Crippen molar-refractivity contribution in [2.45, 2.75) is 26.8 Å². The van der Waals surface area contributed by atoms with Gasteiger partial charge in [-0.25, -0.2) is 19.3 Å². The van der Waals surface area contributed by atoms with E-state index in [-0.39, 0.29) is 24.2 Å². The molecular weight excluding hydrogens is 437 g/mol. The summed E-state index contributed by atoms with van der Waals surface area (Å²) in [6.45, 7) is 8.91. The topological polar surface area (TPSA) is 88.4 Å². The van der Waals surface area contributed by atoms with E-state index in [2.05, 4.69) is 25.2 Å². The number of nitrogens with zero attached hydrogens (tertiary/aromatic N) is 6. The van der Waals surface area contributed by atoms with E-state index in [9.17, 15) is 9.18 Å². The predicted molar refractivity (Wildman–Crippen MR) is 129 cm³/mol. The third kappa shape index (κ3) is 5.01. The smallest absolute Gasteiger partial charge is 0.248 e. The number of hydrogen-bond acceptors (Lipinski definition) is 7. The van der Waals surface area contributed by atoms with Gasteiger partial charge in [0, 0.05) is 50.7 Å². The lowest BCUT2D eigenvalue weighted by molar-refractivity contribution is -0.135. The minimum Gasteiger partial charge on any atom is -0.375 e. The van der Waals surface area contributed by atoms with Gasteiger partial charge in [0.2, 0.25) is 11.9 Å². The highest BCUT2D eigenvalue weighted by atomic mass is 19.1. The normalized spacial score (nSPS) is 14.1. The number of carbonyl (C=O) groups excluding carboxylic acids is 1. The molecule has 1 amide bonds. The number of aryl methyl sites for hydroxylation is 1. The maximum Gasteiger partial charge on any atom is 0.248 e. The quantitative estimate of drug-likeness (QED) is 0.570. The van der Waals surface area contributed by atoms with Crippen molar-refractivity contribution in [2.24, 2.45) is 0 Å². The van der Waals surface area contributed by atoms with Crippen LogP contribution in [0.1, 0.15) is 25.7 Å². The van der Waals surface area contributed by atoms with Crippen molar-refractivity contribution in [3.63, 3.8) is 0 Å². The number of nitrogens with one attached hydrogen (secondary N) is 1. The zero-order valence-electron chi connectivity index (χ0n) is 20.0. The lowest BCUT2D eigenvalue weighted by Crippen LogP contribution is -2.49. The molecule has 1 fully saturated rings. The van der Waals surface area contributed by atoms with Crippen molar-refractivity contribution < 1.29 is 13.9 Å². The fraction of sp³-hybridized carbons (Fsp3) is 0.417. The summed E-state index contributed by atoms with van der Waals surface area (Å²) in [5.74, 6) is 0.637. The number of aromatic nitrogens is 4. The van der Waals surface area contributed by atoms with Gasteiger partial charge < -0.3 is 24.4 Å². The van der Waals surface area contributed by atoms with Crippen LogP contribution in [0.3, 0.4) is 0 Å². The van der Waals surface area contributed by atoms with Crippen LogP contribution in [-0.2, 0) is 9.53 Å². The number of ether oxygens (including phenoxy) is 1. The van der Waals surface area contributed by atoms with E-state index in [0.717, 1.165) is 30.3 Å². The van der Waals surface area contributed by atoms with Crippen molar-refractivity contribution in [3.8, 4) is 11.4 Å². The summed E-state index contributed by atoms with van der Waals surface area (Å²) in [4.78, 5) is 28.9. The molecule has 1 aliphatic rings. The zero-order valence-corrected chi connectivity index (χ0v) is 20.0. The molecule has 180 valence electrons. The largest absolute Gasteiger partial charge is 0.375 e. The van der Waals surface area contributed by atoms with E-state index in [1.54, 1.807) is 6.20 Å². The summed E-state index contributed by atoms with van der Waals surface area (Å²) < 4.78 is 21.5. The molecule has 0 unspecified atom stereocenters. The van der Waals surface area contributed by atoms with Gasteiger partial charge in [0.1, 0.15) is 18.1 Å². The van der Waals surface area contributed by atoms with Crippen molar-refractivity contribution in [3.05, 3.63) is 48.3 Å². The second-order valence-electron chi connectivity index (χ2n) is 8.52. The molecule has 10 heteroatoms. The molecule has 0 radical (unpaired) electrons. The van der Waals surface area contributed by atoms with E-state index in [1.165, 1.54) is 13.3 Å². The second kappa shape index (κ2) is 10.2. The Morgan fingerprint density at radius 3 is 2.47 bits per heavy atom. The first-order valence-corrected chi connectivity index (χ1v) is 11.3. The number of imidazole rings is 1. The molecule has 4 rings (SSSR count). The van der Waals surface area contributed by atoms with Crippen LogP contribution in [0.15, 0.2) is 36.7 Å². The Kier molecular flexibility index (Phi) is 7.06. The monoisotopic (exact) mass is 467 g/mol. The van der Waals surface area contributed by atoms with Gasteiger partial charge in [-0.3, -0.25) is 4.79 Å². The zero-order chi connectivity index (χ0) is 24.2. The first-order valence-electron chi connectivity index (χ1n) is 11.3. The fourth-order valence-electron chi connectivity index (χ4n) is 4.20. The van der Waals surface area contributed by atoms with Crippen molar-refractivity contribution >= 4 is 23.2 Å². The standard InChI is InChI=1S/C24H30FN7O2/c1-16(2)32-17(3)26-14-21(32)23-20(25)13-27-24(29-23)28-18-5-7-19(8-6-18)30-9-11-31(12-10-30)22(33)15-34-4/h5-8,13-14,16H,9-12,15H2,1-4H3,(H,27,28,29). The van der Waals surface area contributed by atoms with Gasteiger partial charge in [-0.05, 0) is 45.0 Å². The molecule has 1 aromatic carbocycles. The molecule has 1 N–H and O–H groups in total. The maximum absolute atomic E-state index is 14.6. The van der Waals surface area contributed by atoms with Gasteiger partial charge >= 0.3 is 0 Å². The summed E-state index contributed by atoms with van der Waals surface area (Å²) in [7, 11) is 1.53. The molecule has 3 aromatic rings. The van der Waals surface area contributed by atoms with E-state index >= 15 is 0 Å². The molecule has 0 aliphatic carbocycles. The molecule has 1 saturated heterocycles. The second-order valence-corrected chi connectivity index (χ2v) is 8.52. The van der Waals surface area contributed by atoms with E-state index < -0.39 is 5.82 Å². The first kappa shape index (κ1) is 23.6. The molecule has 3 heterocycles. The number of rotatable bonds is 7. The highest BCUT2D eigenvalue weighted by Gasteiger charge is 2.21. The minimum atomic E-state index is -0.495. The Bertz CT molecular complexity index is 1140. The Balaban J connectivity index is 1.45. The van der Waals surface area contributed by atoms with Crippen LogP contribution in [0.4, 0.5) is 21.7 Å². The van der Waals surface area contributed by atoms with Crippen LogP contribution in [0, 0.1) is 12.7 Å². The number of anilines is 3. The van der Waals surface area contributed by atoms with Gasteiger partial charge in [0.05, 0.1) is 18.1 Å². The highest BCUT2D eigenvalue weighted by molar-refractivity contribution is 5.77. The summed E-state index contributed by atoms with van der Waals surface area (Å²) in [6, 6.07) is 8.02. The lowest BCUT2D eigenvalue weighted by atomic mass is 10.2. The number of methoxy groups -OCH3 is 1. The van der Waals surface area contributed by atoms with Gasteiger partial charge in [0.25, 0.3) is 0 Å². The first-order chi connectivity index (χ1) is 16.4. The predicted octanol–water partition coefficient (Wildman–Crippen LogP) is 3.41. The highest BCUT2D eigenvalue weighted by Crippen LogP contribution is 2.27. The van der Waals surface area contributed by atoms with Gasteiger partial charge in [0.15, 0.2) is 5.82 Å². The Morgan fingerprint density at radius 1 is 1.12 bits per heavy atom. The van der Waals surface area contributed by atoms with Crippen molar-refractivity contribution in [1.82, 2.24) is 24.4 Å². The molecule has 0 spiro atoms. The SMILES string of the molecule is COCC(=O)N1CCN(c2ccc(Nc3ncc(F)c(-c4cnc(C)n4C(C)C)n3)cc2)CC1. The van der Waals surface area contributed by atoms with Gasteiger partial charge in [-0.2, -0.15) is 0 Å². The van der Waals surface area contributed by atoms with Crippen LogP contribution in [0.5, 0.6) is 0 Å². The molecule has 2 aromatic heterocycles. The summed E-state index contributed by atoms with van der Waals surface area (Å²) in [5, 5.41) is 3.16. The molecule has 0 bridgehead atoms. The minimum absolute atomic E-state index is 0.0203. The number of hydrogen-bond donors (Lipinski definition) is 1. The summed E-state index contributed by atoms with van der Waals surface area (Å²) in [6.07, 6.45) is 2.82. The molecule has 0 saturated carbocycles. The summed E-state index contributed by atoms with van der Waals surface area (Å²) in [5.41, 5.74) is 2.70. The number of halogens is 1. The average Bonchev–Trinajstić information content (AvgIpc) is 3.22. The Labute approximate surface area is 198 Å². The van der Waals surface area contributed by atoms with E-state index in [1.807, 2.05) is 54.5 Å². The molecule has 9 nitrogen and oxygen atoms in total. The number of amides is 1. The van der Waals surface area contributed by atoms with Crippen LogP contribution in [0.25, 0.3) is 11.4 Å². The van der Waals surface area contributed by atoms with Crippen LogP contribution < -0.4 is 10.2 Å². The number of benzene rings is 1. The number of piperazine rings is 1. The maximum atomic E-state index is 14.6.